The minimum absolute atomic E-state index is 0.0206. The van der Waals surface area contributed by atoms with Gasteiger partial charge < -0.3 is 4.74 Å². The van der Waals surface area contributed by atoms with E-state index in [9.17, 15) is 9.59 Å². The fourth-order valence-corrected chi connectivity index (χ4v) is 3.60. The van der Waals surface area contributed by atoms with Gasteiger partial charge in [0.1, 0.15) is 5.75 Å². The van der Waals surface area contributed by atoms with Crippen LogP contribution in [0.3, 0.4) is 0 Å². The number of thiocarbonyl (C=S) groups is 1. The second kappa shape index (κ2) is 12.7. The number of carbonyl (C=O) groups excluding carboxylic acids is 2. The van der Waals surface area contributed by atoms with E-state index in [-0.39, 0.29) is 11.0 Å². The molecule has 0 saturated heterocycles. The molecule has 0 radical (unpaired) electrons. The van der Waals surface area contributed by atoms with Gasteiger partial charge in [-0.15, -0.1) is 0 Å². The molecular weight excluding hydrogens is 534 g/mol. The minimum Gasteiger partial charge on any atom is -0.492 e. The van der Waals surface area contributed by atoms with Gasteiger partial charge in [0, 0.05) is 10.0 Å². The predicted octanol–water partition coefficient (Wildman–Crippen LogP) is 5.12. The first-order valence-electron chi connectivity index (χ1n) is 9.51. The smallest absolute Gasteiger partial charge is 0.270 e. The normalized spacial score (nSPS) is 10.2. The predicted molar refractivity (Wildman–Crippen MR) is 129 cm³/mol. The second-order valence-corrected chi connectivity index (χ2v) is 8.51. The third kappa shape index (κ3) is 7.70. The van der Waals surface area contributed by atoms with E-state index in [1.54, 1.807) is 42.5 Å². The Balaban J connectivity index is 1.83. The molecule has 0 aromatic heterocycles. The summed E-state index contributed by atoms with van der Waals surface area (Å²) in [6.07, 6.45) is 4.50. The Kier molecular flexibility index (Phi) is 10.3. The zero-order valence-electron chi connectivity index (χ0n) is 16.5. The summed E-state index contributed by atoms with van der Waals surface area (Å²) in [7, 11) is 0. The van der Waals surface area contributed by atoms with E-state index in [1.165, 1.54) is 12.8 Å². The highest BCUT2D eigenvalue weighted by molar-refractivity contribution is 9.10. The molecule has 0 unspecified atom stereocenters. The highest BCUT2D eigenvalue weighted by atomic mass is 79.9. The molecular formula is C21H23Br2N3O3S. The van der Waals surface area contributed by atoms with Crippen molar-refractivity contribution < 1.29 is 14.3 Å². The number of ether oxygens (including phenoxy) is 1. The molecule has 0 spiro atoms. The van der Waals surface area contributed by atoms with Gasteiger partial charge in [-0.3, -0.25) is 25.8 Å². The van der Waals surface area contributed by atoms with Crippen LogP contribution in [0.1, 0.15) is 53.3 Å². The van der Waals surface area contributed by atoms with E-state index >= 15 is 0 Å². The number of nitrogens with one attached hydrogen (secondary N) is 3. The van der Waals surface area contributed by atoms with Crippen LogP contribution in [0.25, 0.3) is 0 Å². The number of hydrogen-bond donors (Lipinski definition) is 3. The fourth-order valence-electron chi connectivity index (χ4n) is 2.50. The van der Waals surface area contributed by atoms with E-state index < -0.39 is 5.91 Å². The lowest BCUT2D eigenvalue weighted by Gasteiger charge is -2.12. The van der Waals surface area contributed by atoms with E-state index in [0.717, 1.165) is 12.8 Å². The summed E-state index contributed by atoms with van der Waals surface area (Å²) in [6, 6.07) is 12.0. The van der Waals surface area contributed by atoms with Crippen molar-refractivity contribution in [1.82, 2.24) is 16.2 Å². The zero-order valence-corrected chi connectivity index (χ0v) is 20.5. The quantitative estimate of drug-likeness (QED) is 0.239. The lowest BCUT2D eigenvalue weighted by molar-refractivity contribution is 0.0934. The third-order valence-corrected chi connectivity index (χ3v) is 5.60. The van der Waals surface area contributed by atoms with Gasteiger partial charge in [-0.1, -0.05) is 38.3 Å². The van der Waals surface area contributed by atoms with Crippen LogP contribution in [0.15, 0.2) is 51.4 Å². The largest absolute Gasteiger partial charge is 0.492 e. The number of halogens is 2. The Morgan fingerprint density at radius 1 is 0.967 bits per heavy atom. The Bertz CT molecular complexity index is 909. The summed E-state index contributed by atoms with van der Waals surface area (Å²) in [5.74, 6) is -0.107. The van der Waals surface area contributed by atoms with Crippen LogP contribution < -0.4 is 20.9 Å². The van der Waals surface area contributed by atoms with Crippen LogP contribution in [0.2, 0.25) is 0 Å². The van der Waals surface area contributed by atoms with Gasteiger partial charge in [-0.05, 0) is 80.8 Å². The molecule has 2 aromatic carbocycles. The molecule has 30 heavy (non-hydrogen) atoms. The number of rotatable bonds is 8. The molecule has 0 saturated carbocycles. The van der Waals surface area contributed by atoms with Crippen molar-refractivity contribution in [3.05, 3.63) is 62.5 Å². The minimum atomic E-state index is -0.405. The first-order valence-corrected chi connectivity index (χ1v) is 11.5. The van der Waals surface area contributed by atoms with Crippen molar-refractivity contribution in [2.24, 2.45) is 0 Å². The van der Waals surface area contributed by atoms with E-state index in [1.807, 2.05) is 0 Å². The van der Waals surface area contributed by atoms with Crippen LogP contribution in [-0.2, 0) is 0 Å². The molecule has 0 atom stereocenters. The van der Waals surface area contributed by atoms with Crippen LogP contribution in [-0.4, -0.2) is 23.5 Å². The van der Waals surface area contributed by atoms with E-state index in [4.69, 9.17) is 17.0 Å². The third-order valence-electron chi connectivity index (χ3n) is 4.08. The summed E-state index contributed by atoms with van der Waals surface area (Å²) >= 11 is 11.8. The molecule has 0 heterocycles. The molecule has 3 N–H and O–H groups in total. The first kappa shape index (κ1) is 24.3. The van der Waals surface area contributed by atoms with Crippen molar-refractivity contribution in [2.75, 3.05) is 6.61 Å². The van der Waals surface area contributed by atoms with Crippen LogP contribution in [0.4, 0.5) is 0 Å². The van der Waals surface area contributed by atoms with Gasteiger partial charge in [0.15, 0.2) is 5.11 Å². The van der Waals surface area contributed by atoms with Gasteiger partial charge >= 0.3 is 0 Å². The molecule has 0 bridgehead atoms. The number of unbranched alkanes of at least 4 members (excludes halogenated alkanes) is 3. The first-order chi connectivity index (χ1) is 14.4. The molecule has 0 fully saturated rings. The monoisotopic (exact) mass is 555 g/mol. The lowest BCUT2D eigenvalue weighted by atomic mass is 10.2. The summed E-state index contributed by atoms with van der Waals surface area (Å²) in [5, 5.41) is 2.50. The Labute approximate surface area is 198 Å². The topological polar surface area (TPSA) is 79.5 Å². The molecule has 2 rings (SSSR count). The molecule has 6 nitrogen and oxygen atoms in total. The molecule has 2 aromatic rings. The maximum atomic E-state index is 12.4. The fraction of sp³-hybridized carbons (Fsp3) is 0.286. The van der Waals surface area contributed by atoms with E-state index in [2.05, 4.69) is 55.0 Å². The van der Waals surface area contributed by atoms with Crippen LogP contribution >= 0.6 is 44.1 Å². The Morgan fingerprint density at radius 3 is 2.43 bits per heavy atom. The number of amides is 2. The van der Waals surface area contributed by atoms with Gasteiger partial charge in [0.25, 0.3) is 11.8 Å². The molecule has 0 aliphatic heterocycles. The van der Waals surface area contributed by atoms with Crippen molar-refractivity contribution in [2.45, 2.75) is 32.6 Å². The highest BCUT2D eigenvalue weighted by Gasteiger charge is 2.13. The number of hydrogen-bond acceptors (Lipinski definition) is 4. The van der Waals surface area contributed by atoms with Gasteiger partial charge in [0.2, 0.25) is 0 Å². The summed E-state index contributed by atoms with van der Waals surface area (Å²) in [4.78, 5) is 24.6. The Morgan fingerprint density at radius 2 is 1.73 bits per heavy atom. The number of benzene rings is 2. The van der Waals surface area contributed by atoms with Crippen molar-refractivity contribution in [1.29, 1.82) is 0 Å². The molecule has 0 aliphatic carbocycles. The summed E-state index contributed by atoms with van der Waals surface area (Å²) in [5.41, 5.74) is 5.81. The number of hydrazine groups is 1. The molecule has 9 heteroatoms. The van der Waals surface area contributed by atoms with Gasteiger partial charge in [-0.2, -0.15) is 0 Å². The summed E-state index contributed by atoms with van der Waals surface area (Å²) < 4.78 is 7.08. The maximum Gasteiger partial charge on any atom is 0.270 e. The molecule has 2 amide bonds. The highest BCUT2D eigenvalue weighted by Crippen LogP contribution is 2.26. The van der Waals surface area contributed by atoms with Gasteiger partial charge in [-0.25, -0.2) is 0 Å². The lowest BCUT2D eigenvalue weighted by Crippen LogP contribution is -2.48. The average molecular weight is 557 g/mol. The standard InChI is InChI=1S/C21H23Br2N3O3S/c1-2-3-4-7-12-29-18-11-10-14(13-17(18)23)19(27)24-21(30)26-25-20(28)15-8-5-6-9-16(15)22/h5-6,8-11,13H,2-4,7,12H2,1H3,(H,25,28)(H2,24,26,27,30). The van der Waals surface area contributed by atoms with Crippen LogP contribution in [0.5, 0.6) is 5.75 Å². The summed E-state index contributed by atoms with van der Waals surface area (Å²) in [6.45, 7) is 2.80. The van der Waals surface area contributed by atoms with Gasteiger partial charge in [0.05, 0.1) is 16.6 Å². The van der Waals surface area contributed by atoms with Crippen molar-refractivity contribution >= 4 is 61.0 Å². The SMILES string of the molecule is CCCCCCOc1ccc(C(=O)NC(=S)NNC(=O)c2ccccc2Br)cc1Br. The number of carbonyl (C=O) groups is 2. The average Bonchev–Trinajstić information content (AvgIpc) is 2.73. The molecule has 160 valence electrons. The molecule has 0 aliphatic rings. The van der Waals surface area contributed by atoms with Crippen molar-refractivity contribution in [3.63, 3.8) is 0 Å². The van der Waals surface area contributed by atoms with E-state index in [0.29, 0.717) is 32.4 Å². The second-order valence-electron chi connectivity index (χ2n) is 6.40. The van der Waals surface area contributed by atoms with Crippen molar-refractivity contribution in [3.8, 4) is 5.75 Å². The van der Waals surface area contributed by atoms with Crippen LogP contribution in [0, 0.1) is 0 Å². The Hall–Kier alpha value is -1.97. The zero-order chi connectivity index (χ0) is 21.9. The maximum absolute atomic E-state index is 12.4.